The summed E-state index contributed by atoms with van der Waals surface area (Å²) in [6.07, 6.45) is 1.62. The van der Waals surface area contributed by atoms with Gasteiger partial charge in [0.2, 0.25) is 17.7 Å². The highest BCUT2D eigenvalue weighted by Crippen LogP contribution is 2.64. The average molecular weight is 535 g/mol. The van der Waals surface area contributed by atoms with E-state index < -0.39 is 29.1 Å². The summed E-state index contributed by atoms with van der Waals surface area (Å²) in [4.78, 5) is 45.1. The Morgan fingerprint density at radius 2 is 1.62 bits per heavy atom. The molecule has 5 rings (SSSR count). The van der Waals surface area contributed by atoms with E-state index in [1.807, 2.05) is 49.4 Å². The number of amides is 3. The molecule has 3 saturated heterocycles. The van der Waals surface area contributed by atoms with Gasteiger partial charge in [0.1, 0.15) is 11.6 Å². The van der Waals surface area contributed by atoms with Gasteiger partial charge in [0.05, 0.1) is 24.0 Å². The summed E-state index contributed by atoms with van der Waals surface area (Å²) in [7, 11) is 0. The van der Waals surface area contributed by atoms with Gasteiger partial charge in [-0.3, -0.25) is 14.4 Å². The molecule has 0 saturated carbocycles. The minimum absolute atomic E-state index is 0.00836. The van der Waals surface area contributed by atoms with Crippen LogP contribution >= 0.6 is 0 Å². The molecule has 2 bridgehead atoms. The molecule has 2 aromatic carbocycles. The molecule has 5 atom stereocenters. The number of hydrogen-bond acceptors (Lipinski definition) is 6. The van der Waals surface area contributed by atoms with E-state index in [0.717, 1.165) is 18.8 Å². The maximum Gasteiger partial charge on any atom is 0.250 e. The number of rotatable bonds is 10. The molecule has 0 radical (unpaired) electrons. The van der Waals surface area contributed by atoms with E-state index in [2.05, 4.69) is 29.4 Å². The first-order chi connectivity index (χ1) is 18.8. The van der Waals surface area contributed by atoms with E-state index in [1.54, 1.807) is 12.1 Å². The number of hydrogen-bond donors (Lipinski definition) is 3. The highest BCUT2D eigenvalue weighted by atomic mass is 16.5. The Hall–Kier alpha value is -3.43. The summed E-state index contributed by atoms with van der Waals surface area (Å²) in [6, 6.07) is 15.8. The summed E-state index contributed by atoms with van der Waals surface area (Å²) in [6.45, 7) is 7.60. The average Bonchev–Trinajstić information content (AvgIpc) is 3.55. The van der Waals surface area contributed by atoms with Crippen LogP contribution in [0.15, 0.2) is 54.6 Å². The number of nitrogens with one attached hydrogen (secondary N) is 2. The molecule has 0 aromatic heterocycles. The molecule has 9 nitrogen and oxygen atoms in total. The molecule has 39 heavy (non-hydrogen) atoms. The van der Waals surface area contributed by atoms with Crippen molar-refractivity contribution in [2.24, 2.45) is 11.8 Å². The molecule has 3 aliphatic heterocycles. The van der Waals surface area contributed by atoms with Crippen molar-refractivity contribution in [2.75, 3.05) is 41.8 Å². The molecule has 0 aliphatic carbocycles. The van der Waals surface area contributed by atoms with Crippen LogP contribution in [-0.2, 0) is 19.1 Å². The summed E-state index contributed by atoms with van der Waals surface area (Å²) in [5, 5.41) is 15.8. The molecule has 9 heteroatoms. The molecule has 1 spiro atoms. The van der Waals surface area contributed by atoms with Gasteiger partial charge in [0.15, 0.2) is 0 Å². The van der Waals surface area contributed by atoms with Crippen molar-refractivity contribution >= 4 is 34.8 Å². The highest BCUT2D eigenvalue weighted by molar-refractivity contribution is 6.05. The smallest absolute Gasteiger partial charge is 0.250 e. The standard InChI is InChI=1S/C30H38N4O5/c1-4-29-16-17-30(39-29)24(23(29)26(36)31-20-10-8-7-9-11-20)28(38)34(18-19-35)25(30)27(37)32-21-12-14-22(15-13-21)33(5-2)6-3/h7-15,23-25,35H,4-6,16-19H2,1-3H3,(H,31,36)(H,32,37)/t23-,24+,25?,29+,30?/m1/s1. The van der Waals surface area contributed by atoms with Gasteiger partial charge in [0.25, 0.3) is 0 Å². The van der Waals surface area contributed by atoms with Gasteiger partial charge in [-0.25, -0.2) is 0 Å². The van der Waals surface area contributed by atoms with E-state index in [4.69, 9.17) is 4.74 Å². The van der Waals surface area contributed by atoms with Crippen LogP contribution in [0.25, 0.3) is 0 Å². The van der Waals surface area contributed by atoms with Crippen LogP contribution in [0, 0.1) is 11.8 Å². The second kappa shape index (κ2) is 10.6. The van der Waals surface area contributed by atoms with Crippen molar-refractivity contribution in [1.29, 1.82) is 0 Å². The number of para-hydroxylation sites is 1. The Labute approximate surface area is 229 Å². The van der Waals surface area contributed by atoms with Crippen molar-refractivity contribution in [2.45, 2.75) is 57.3 Å². The Kier molecular flexibility index (Phi) is 7.39. The van der Waals surface area contributed by atoms with Gasteiger partial charge >= 0.3 is 0 Å². The summed E-state index contributed by atoms with van der Waals surface area (Å²) in [5.74, 6) is -2.51. The predicted octanol–water partition coefficient (Wildman–Crippen LogP) is 3.26. The topological polar surface area (TPSA) is 111 Å². The fourth-order valence-corrected chi connectivity index (χ4v) is 7.06. The monoisotopic (exact) mass is 534 g/mol. The number of aliphatic hydroxyl groups excluding tert-OH is 1. The van der Waals surface area contributed by atoms with Crippen LogP contribution in [-0.4, -0.2) is 71.2 Å². The minimum atomic E-state index is -1.13. The normalized spacial score (nSPS) is 28.9. The van der Waals surface area contributed by atoms with Gasteiger partial charge in [-0.1, -0.05) is 25.1 Å². The number of carbonyl (C=O) groups is 3. The van der Waals surface area contributed by atoms with E-state index in [-0.39, 0.29) is 30.9 Å². The maximum absolute atomic E-state index is 13.9. The molecule has 3 aliphatic rings. The van der Waals surface area contributed by atoms with Crippen LogP contribution in [0.5, 0.6) is 0 Å². The van der Waals surface area contributed by atoms with Crippen LogP contribution in [0.1, 0.15) is 40.0 Å². The number of β-amino-alcohol motifs (C(OH)–C–C–N with tert-alkyl or cyclic N) is 1. The number of ether oxygens (including phenoxy) is 1. The maximum atomic E-state index is 13.9. The molecule has 208 valence electrons. The van der Waals surface area contributed by atoms with E-state index in [9.17, 15) is 19.5 Å². The Balaban J connectivity index is 1.45. The number of carbonyl (C=O) groups excluding carboxylic acids is 3. The second-order valence-electron chi connectivity index (χ2n) is 10.7. The van der Waals surface area contributed by atoms with Crippen LogP contribution < -0.4 is 15.5 Å². The third-order valence-electron chi connectivity index (χ3n) is 8.86. The number of fused-ring (bicyclic) bond motifs is 1. The fourth-order valence-electron chi connectivity index (χ4n) is 7.06. The zero-order chi connectivity index (χ0) is 27.8. The van der Waals surface area contributed by atoms with Crippen LogP contribution in [0.3, 0.4) is 0 Å². The van der Waals surface area contributed by atoms with Crippen LogP contribution in [0.4, 0.5) is 17.1 Å². The molecular weight excluding hydrogens is 496 g/mol. The lowest BCUT2D eigenvalue weighted by atomic mass is 9.65. The van der Waals surface area contributed by atoms with Gasteiger partial charge < -0.3 is 30.3 Å². The largest absolute Gasteiger partial charge is 0.395 e. The first-order valence-corrected chi connectivity index (χ1v) is 14.0. The van der Waals surface area contributed by atoms with Crippen LogP contribution in [0.2, 0.25) is 0 Å². The Morgan fingerprint density at radius 3 is 2.23 bits per heavy atom. The first-order valence-electron chi connectivity index (χ1n) is 14.0. The lowest BCUT2D eigenvalue weighted by Gasteiger charge is -2.33. The van der Waals surface area contributed by atoms with Gasteiger partial charge in [-0.05, 0) is 69.5 Å². The van der Waals surface area contributed by atoms with Gasteiger partial charge in [0, 0.05) is 36.7 Å². The van der Waals surface area contributed by atoms with E-state index >= 15 is 0 Å². The van der Waals surface area contributed by atoms with Crippen molar-refractivity contribution in [3.63, 3.8) is 0 Å². The zero-order valence-corrected chi connectivity index (χ0v) is 22.9. The van der Waals surface area contributed by atoms with E-state index in [0.29, 0.717) is 30.6 Å². The van der Waals surface area contributed by atoms with Gasteiger partial charge in [-0.2, -0.15) is 0 Å². The molecule has 2 unspecified atom stereocenters. The first kappa shape index (κ1) is 27.1. The minimum Gasteiger partial charge on any atom is -0.395 e. The third-order valence-corrected chi connectivity index (χ3v) is 8.86. The fraction of sp³-hybridized carbons (Fsp3) is 0.500. The number of likely N-dealkylation sites (tertiary alicyclic amines) is 1. The molecule has 3 fully saturated rings. The van der Waals surface area contributed by atoms with Gasteiger partial charge in [-0.15, -0.1) is 0 Å². The zero-order valence-electron chi connectivity index (χ0n) is 22.9. The molecular formula is C30H38N4O5. The van der Waals surface area contributed by atoms with Crippen molar-refractivity contribution in [3.05, 3.63) is 54.6 Å². The lowest BCUT2D eigenvalue weighted by Crippen LogP contribution is -2.53. The molecule has 3 heterocycles. The number of aliphatic hydroxyl groups is 1. The number of nitrogens with zero attached hydrogens (tertiary/aromatic N) is 2. The third kappa shape index (κ3) is 4.37. The molecule has 2 aromatic rings. The van der Waals surface area contributed by atoms with E-state index in [1.165, 1.54) is 4.90 Å². The Morgan fingerprint density at radius 1 is 0.974 bits per heavy atom. The Bertz CT molecular complexity index is 1220. The summed E-state index contributed by atoms with van der Waals surface area (Å²) >= 11 is 0. The second-order valence-corrected chi connectivity index (χ2v) is 10.7. The predicted molar refractivity (Wildman–Crippen MR) is 149 cm³/mol. The van der Waals surface area contributed by atoms with Crippen molar-refractivity contribution in [1.82, 2.24) is 4.90 Å². The highest BCUT2D eigenvalue weighted by Gasteiger charge is 2.78. The van der Waals surface area contributed by atoms with Crippen molar-refractivity contribution < 1.29 is 24.2 Å². The molecule has 3 amide bonds. The lowest BCUT2D eigenvalue weighted by molar-refractivity contribution is -0.144. The quantitative estimate of drug-likeness (QED) is 0.432. The summed E-state index contributed by atoms with van der Waals surface area (Å²) in [5.41, 5.74) is 0.360. The van der Waals surface area contributed by atoms with Crippen molar-refractivity contribution in [3.8, 4) is 0 Å². The number of benzene rings is 2. The number of anilines is 3. The molecule has 3 N–H and O–H groups in total. The SMILES string of the molecule is CCN(CC)c1ccc(NC(=O)C2N(CCO)C(=O)[C@@H]3[C@H](C(=O)Nc4ccccc4)[C@]4(CC)CCC23O4)cc1. The summed E-state index contributed by atoms with van der Waals surface area (Å²) < 4.78 is 6.72.